The molecule has 0 N–H and O–H groups in total. The van der Waals surface area contributed by atoms with E-state index in [1.807, 2.05) is 0 Å². The Morgan fingerprint density at radius 2 is 2.04 bits per heavy atom. The minimum Gasteiger partial charge on any atom is -0.452 e. The van der Waals surface area contributed by atoms with E-state index in [2.05, 4.69) is 0 Å². The predicted octanol–water partition coefficient (Wildman–Crippen LogP) is 4.37. The van der Waals surface area contributed by atoms with E-state index >= 15 is 0 Å². The number of ketones is 1. The molecule has 25 heavy (non-hydrogen) atoms. The fraction of sp³-hybridized carbons (Fsp3) is 0.158. The summed E-state index contributed by atoms with van der Waals surface area (Å²) in [5, 5.41) is 0. The Labute approximate surface area is 148 Å². The topological polar surface area (TPSA) is 52.6 Å². The number of ether oxygens (including phenoxy) is 2. The summed E-state index contributed by atoms with van der Waals surface area (Å²) in [6.45, 7) is 0. The van der Waals surface area contributed by atoms with Gasteiger partial charge in [-0.3, -0.25) is 9.59 Å². The summed E-state index contributed by atoms with van der Waals surface area (Å²) < 4.78 is 24.4. The van der Waals surface area contributed by atoms with Gasteiger partial charge in [0, 0.05) is 23.9 Å². The average molecular weight is 361 g/mol. The van der Waals surface area contributed by atoms with E-state index < -0.39 is 11.8 Å². The largest absolute Gasteiger partial charge is 0.452 e. The SMILES string of the molecule is O=C(CCCCl)Oc1ccc2c(c1)OC(=Cc1ccccc1F)C2=O. The lowest BCUT2D eigenvalue weighted by atomic mass is 10.1. The zero-order valence-electron chi connectivity index (χ0n) is 13.1. The molecule has 4 nitrogen and oxygen atoms in total. The Balaban J connectivity index is 1.80. The van der Waals surface area contributed by atoms with Crippen LogP contribution in [0.25, 0.3) is 6.08 Å². The summed E-state index contributed by atoms with van der Waals surface area (Å²) >= 11 is 5.54. The fourth-order valence-electron chi connectivity index (χ4n) is 2.36. The highest BCUT2D eigenvalue weighted by molar-refractivity contribution is 6.18. The highest BCUT2D eigenvalue weighted by Crippen LogP contribution is 2.35. The number of benzene rings is 2. The van der Waals surface area contributed by atoms with Crippen LogP contribution < -0.4 is 9.47 Å². The van der Waals surface area contributed by atoms with Crippen LogP contribution in [0.5, 0.6) is 11.5 Å². The first-order valence-electron chi connectivity index (χ1n) is 7.68. The second kappa shape index (κ2) is 7.49. The third-order valence-corrected chi connectivity index (χ3v) is 3.85. The van der Waals surface area contributed by atoms with Crippen molar-refractivity contribution in [2.75, 3.05) is 5.88 Å². The molecule has 1 aliphatic rings. The summed E-state index contributed by atoms with van der Waals surface area (Å²) in [4.78, 5) is 24.0. The molecular formula is C19H14ClFO4. The van der Waals surface area contributed by atoms with Gasteiger partial charge in [-0.25, -0.2) is 4.39 Å². The summed E-state index contributed by atoms with van der Waals surface area (Å²) in [5.41, 5.74) is 0.592. The third-order valence-electron chi connectivity index (χ3n) is 3.58. The van der Waals surface area contributed by atoms with Crippen LogP contribution in [0.2, 0.25) is 0 Å². The number of hydrogen-bond donors (Lipinski definition) is 0. The molecule has 0 bridgehead atoms. The quantitative estimate of drug-likeness (QED) is 0.344. The first kappa shape index (κ1) is 17.2. The van der Waals surface area contributed by atoms with Crippen molar-refractivity contribution in [3.05, 3.63) is 65.2 Å². The van der Waals surface area contributed by atoms with Gasteiger partial charge in [0.2, 0.25) is 5.78 Å². The number of carbonyl (C=O) groups excluding carboxylic acids is 2. The zero-order chi connectivity index (χ0) is 17.8. The molecular weight excluding hydrogens is 347 g/mol. The number of Topliss-reactive ketones (excluding diaryl/α,β-unsaturated/α-hetero) is 1. The van der Waals surface area contributed by atoms with Gasteiger partial charge in [-0.2, -0.15) is 0 Å². The maximum absolute atomic E-state index is 13.7. The molecule has 2 aromatic carbocycles. The van der Waals surface area contributed by atoms with Crippen molar-refractivity contribution in [3.63, 3.8) is 0 Å². The number of alkyl halides is 1. The number of rotatable bonds is 5. The molecule has 2 aromatic rings. The van der Waals surface area contributed by atoms with Gasteiger partial charge in [0.1, 0.15) is 17.3 Å². The summed E-state index contributed by atoms with van der Waals surface area (Å²) in [6, 6.07) is 10.6. The van der Waals surface area contributed by atoms with Gasteiger partial charge in [0.05, 0.1) is 5.56 Å². The molecule has 6 heteroatoms. The lowest BCUT2D eigenvalue weighted by molar-refractivity contribution is -0.134. The van der Waals surface area contributed by atoms with E-state index in [0.717, 1.165) is 0 Å². The Kier molecular flexibility index (Phi) is 5.14. The fourth-order valence-corrected chi connectivity index (χ4v) is 2.49. The van der Waals surface area contributed by atoms with Crippen LogP contribution in [0.1, 0.15) is 28.8 Å². The standard InChI is InChI=1S/C19H14ClFO4/c20-9-3-6-18(22)24-13-7-8-14-16(11-13)25-17(19(14)23)10-12-4-1-2-5-15(12)21/h1-2,4-5,7-8,10-11H,3,6,9H2. The summed E-state index contributed by atoms with van der Waals surface area (Å²) in [6.07, 6.45) is 2.08. The number of fused-ring (bicyclic) bond motifs is 1. The highest BCUT2D eigenvalue weighted by Gasteiger charge is 2.28. The molecule has 0 unspecified atom stereocenters. The number of halogens is 2. The number of carbonyl (C=O) groups is 2. The van der Waals surface area contributed by atoms with Crippen LogP contribution >= 0.6 is 11.6 Å². The van der Waals surface area contributed by atoms with Gasteiger partial charge in [-0.1, -0.05) is 18.2 Å². The molecule has 0 saturated carbocycles. The first-order chi connectivity index (χ1) is 12.1. The minimum absolute atomic E-state index is 0.0192. The molecule has 0 atom stereocenters. The maximum atomic E-state index is 13.7. The minimum atomic E-state index is -0.448. The Morgan fingerprint density at radius 3 is 2.80 bits per heavy atom. The van der Waals surface area contributed by atoms with E-state index in [1.54, 1.807) is 18.2 Å². The molecule has 0 radical (unpaired) electrons. The highest BCUT2D eigenvalue weighted by atomic mass is 35.5. The van der Waals surface area contributed by atoms with Crippen LogP contribution in [0.4, 0.5) is 4.39 Å². The van der Waals surface area contributed by atoms with Crippen molar-refractivity contribution in [3.8, 4) is 11.5 Å². The molecule has 0 aliphatic carbocycles. The Hall–Kier alpha value is -2.66. The van der Waals surface area contributed by atoms with Crippen LogP contribution in [0.3, 0.4) is 0 Å². The monoisotopic (exact) mass is 360 g/mol. The van der Waals surface area contributed by atoms with Crippen LogP contribution in [-0.4, -0.2) is 17.6 Å². The lowest BCUT2D eigenvalue weighted by Crippen LogP contribution is -2.07. The second-order valence-corrected chi connectivity index (χ2v) is 5.76. The third kappa shape index (κ3) is 3.88. The van der Waals surface area contributed by atoms with Crippen molar-refractivity contribution in [1.82, 2.24) is 0 Å². The molecule has 1 aliphatic heterocycles. The van der Waals surface area contributed by atoms with Crippen LogP contribution in [0, 0.1) is 5.82 Å². The number of allylic oxidation sites excluding steroid dienone is 1. The average Bonchev–Trinajstić information content (AvgIpc) is 2.90. The van der Waals surface area contributed by atoms with E-state index in [1.165, 1.54) is 30.3 Å². The van der Waals surface area contributed by atoms with E-state index in [0.29, 0.717) is 17.9 Å². The van der Waals surface area contributed by atoms with Crippen molar-refractivity contribution < 1.29 is 23.5 Å². The van der Waals surface area contributed by atoms with Gasteiger partial charge >= 0.3 is 5.97 Å². The second-order valence-electron chi connectivity index (χ2n) is 5.39. The van der Waals surface area contributed by atoms with Gasteiger partial charge in [0.15, 0.2) is 5.76 Å². The molecule has 3 rings (SSSR count). The Bertz CT molecular complexity index is 860. The summed E-state index contributed by atoms with van der Waals surface area (Å²) in [7, 11) is 0. The smallest absolute Gasteiger partial charge is 0.311 e. The molecule has 0 amide bonds. The Morgan fingerprint density at radius 1 is 1.24 bits per heavy atom. The van der Waals surface area contributed by atoms with Crippen molar-refractivity contribution in [2.24, 2.45) is 0 Å². The number of esters is 1. The van der Waals surface area contributed by atoms with Gasteiger partial charge in [-0.05, 0) is 30.7 Å². The van der Waals surface area contributed by atoms with E-state index in [9.17, 15) is 14.0 Å². The zero-order valence-corrected chi connectivity index (χ0v) is 13.9. The van der Waals surface area contributed by atoms with E-state index in [4.69, 9.17) is 21.1 Å². The molecule has 0 spiro atoms. The van der Waals surface area contributed by atoms with Gasteiger partial charge in [-0.15, -0.1) is 11.6 Å². The normalized spacial score (nSPS) is 14.3. The molecule has 0 aromatic heterocycles. The van der Waals surface area contributed by atoms with Crippen molar-refractivity contribution in [2.45, 2.75) is 12.8 Å². The lowest BCUT2D eigenvalue weighted by Gasteiger charge is -2.05. The molecule has 1 heterocycles. The van der Waals surface area contributed by atoms with Gasteiger partial charge < -0.3 is 9.47 Å². The molecule has 128 valence electrons. The van der Waals surface area contributed by atoms with E-state index in [-0.39, 0.29) is 35.0 Å². The van der Waals surface area contributed by atoms with Gasteiger partial charge in [0.25, 0.3) is 0 Å². The van der Waals surface area contributed by atoms with Crippen LogP contribution in [-0.2, 0) is 4.79 Å². The van der Waals surface area contributed by atoms with Crippen molar-refractivity contribution in [1.29, 1.82) is 0 Å². The molecule has 0 saturated heterocycles. The molecule has 0 fully saturated rings. The summed E-state index contributed by atoms with van der Waals surface area (Å²) in [5.74, 6) is -0.262. The predicted molar refractivity (Wildman–Crippen MR) is 91.4 cm³/mol. The maximum Gasteiger partial charge on any atom is 0.311 e. The first-order valence-corrected chi connectivity index (χ1v) is 8.21. The van der Waals surface area contributed by atoms with Crippen molar-refractivity contribution >= 4 is 29.4 Å². The van der Waals surface area contributed by atoms with Crippen LogP contribution in [0.15, 0.2) is 48.2 Å². The number of hydrogen-bond acceptors (Lipinski definition) is 4.